The van der Waals surface area contributed by atoms with Crippen molar-refractivity contribution in [1.29, 1.82) is 0 Å². The van der Waals surface area contributed by atoms with Crippen LogP contribution in [-0.4, -0.2) is 37.7 Å². The van der Waals surface area contributed by atoms with Gasteiger partial charge in [-0.25, -0.2) is 13.1 Å². The molecule has 0 aliphatic rings. The predicted molar refractivity (Wildman–Crippen MR) is 94.3 cm³/mol. The predicted octanol–water partition coefficient (Wildman–Crippen LogP) is 2.88. The van der Waals surface area contributed by atoms with Gasteiger partial charge in [-0.2, -0.15) is 5.10 Å². The van der Waals surface area contributed by atoms with Crippen molar-refractivity contribution in [3.8, 4) is 0 Å². The Labute approximate surface area is 138 Å². The van der Waals surface area contributed by atoms with Crippen molar-refractivity contribution < 1.29 is 8.42 Å². The molecule has 0 spiro atoms. The van der Waals surface area contributed by atoms with Crippen molar-refractivity contribution in [3.05, 3.63) is 18.2 Å². The van der Waals surface area contributed by atoms with Gasteiger partial charge in [-0.1, -0.05) is 13.8 Å². The Bertz CT molecular complexity index is 747. The summed E-state index contributed by atoms with van der Waals surface area (Å²) in [6.45, 7) is 9.71. The zero-order valence-electron chi connectivity index (χ0n) is 14.3. The van der Waals surface area contributed by atoms with Gasteiger partial charge in [0.05, 0.1) is 10.4 Å². The minimum absolute atomic E-state index is 0.0395. The summed E-state index contributed by atoms with van der Waals surface area (Å²) >= 11 is 0. The standard InChI is InChI=1S/C16H26N4O2S/c1-5-12(6-2)19-23(21,22)13-9-10-15-14(11-13)16(18-17-15)20(7-3)8-4/h9-12,19H,5-8H2,1-4H3,(H,17,18). The lowest BCUT2D eigenvalue weighted by molar-refractivity contribution is 0.530. The Hall–Kier alpha value is -1.60. The second-order valence-electron chi connectivity index (χ2n) is 5.56. The van der Waals surface area contributed by atoms with E-state index in [-0.39, 0.29) is 10.9 Å². The summed E-state index contributed by atoms with van der Waals surface area (Å²) in [4.78, 5) is 2.38. The van der Waals surface area contributed by atoms with Gasteiger partial charge < -0.3 is 4.90 Å². The van der Waals surface area contributed by atoms with Crippen LogP contribution >= 0.6 is 0 Å². The van der Waals surface area contributed by atoms with Gasteiger partial charge in [-0.05, 0) is 44.9 Å². The SMILES string of the molecule is CCC(CC)NS(=O)(=O)c1ccc2[nH]nc(N(CC)CC)c2c1. The highest BCUT2D eigenvalue weighted by Gasteiger charge is 2.20. The fraction of sp³-hybridized carbons (Fsp3) is 0.562. The number of H-pyrrole nitrogens is 1. The minimum Gasteiger partial charge on any atom is -0.355 e. The van der Waals surface area contributed by atoms with Gasteiger partial charge in [0, 0.05) is 24.5 Å². The van der Waals surface area contributed by atoms with Gasteiger partial charge in [0.1, 0.15) is 0 Å². The zero-order chi connectivity index (χ0) is 17.0. The summed E-state index contributed by atoms with van der Waals surface area (Å²) in [5.41, 5.74) is 0.841. The normalized spacial score (nSPS) is 12.2. The highest BCUT2D eigenvalue weighted by atomic mass is 32.2. The molecule has 0 atom stereocenters. The number of anilines is 1. The Balaban J connectivity index is 2.44. The first-order valence-electron chi connectivity index (χ1n) is 8.22. The van der Waals surface area contributed by atoms with E-state index >= 15 is 0 Å². The molecule has 0 saturated heterocycles. The lowest BCUT2D eigenvalue weighted by Gasteiger charge is -2.18. The number of hydrogen-bond acceptors (Lipinski definition) is 4. The van der Waals surface area contributed by atoms with Crippen molar-refractivity contribution in [3.63, 3.8) is 0 Å². The largest absolute Gasteiger partial charge is 0.355 e. The van der Waals surface area contributed by atoms with Gasteiger partial charge in [-0.15, -0.1) is 0 Å². The minimum atomic E-state index is -3.52. The van der Waals surface area contributed by atoms with Crippen LogP contribution in [0.5, 0.6) is 0 Å². The maximum Gasteiger partial charge on any atom is 0.240 e. The fourth-order valence-electron chi connectivity index (χ4n) is 2.65. The van der Waals surface area contributed by atoms with Crippen LogP contribution in [-0.2, 0) is 10.0 Å². The molecular weight excluding hydrogens is 312 g/mol. The molecule has 0 aliphatic heterocycles. The molecule has 0 unspecified atom stereocenters. The van der Waals surface area contributed by atoms with Crippen LogP contribution in [0.3, 0.4) is 0 Å². The number of sulfonamides is 1. The second kappa shape index (κ2) is 7.31. The smallest absolute Gasteiger partial charge is 0.240 e. The van der Waals surface area contributed by atoms with Gasteiger partial charge in [0.2, 0.25) is 10.0 Å². The molecule has 2 rings (SSSR count). The Morgan fingerprint density at radius 3 is 2.39 bits per heavy atom. The van der Waals surface area contributed by atoms with Gasteiger partial charge >= 0.3 is 0 Å². The van der Waals surface area contributed by atoms with Crippen LogP contribution in [0.15, 0.2) is 23.1 Å². The van der Waals surface area contributed by atoms with Crippen molar-refractivity contribution in [2.45, 2.75) is 51.5 Å². The fourth-order valence-corrected chi connectivity index (χ4v) is 4.08. The van der Waals surface area contributed by atoms with E-state index in [1.165, 1.54) is 0 Å². The second-order valence-corrected chi connectivity index (χ2v) is 7.28. The highest BCUT2D eigenvalue weighted by Crippen LogP contribution is 2.26. The van der Waals surface area contributed by atoms with Gasteiger partial charge in [0.15, 0.2) is 5.82 Å². The molecule has 0 radical (unpaired) electrons. The maximum absolute atomic E-state index is 12.6. The average molecular weight is 338 g/mol. The summed E-state index contributed by atoms with van der Waals surface area (Å²) in [5.74, 6) is 0.796. The molecule has 0 bridgehead atoms. The van der Waals surface area contributed by atoms with Gasteiger partial charge in [0.25, 0.3) is 0 Å². The zero-order valence-corrected chi connectivity index (χ0v) is 15.1. The van der Waals surface area contributed by atoms with Crippen LogP contribution in [0.25, 0.3) is 10.9 Å². The first kappa shape index (κ1) is 17.7. The monoisotopic (exact) mass is 338 g/mol. The van der Waals surface area contributed by atoms with Crippen LogP contribution < -0.4 is 9.62 Å². The summed E-state index contributed by atoms with van der Waals surface area (Å²) in [5, 5.41) is 8.15. The first-order valence-corrected chi connectivity index (χ1v) is 9.70. The summed E-state index contributed by atoms with van der Waals surface area (Å²) in [7, 11) is -3.52. The van der Waals surface area contributed by atoms with Crippen molar-refractivity contribution in [2.24, 2.45) is 0 Å². The summed E-state index contributed by atoms with van der Waals surface area (Å²) < 4.78 is 28.0. The first-order chi connectivity index (χ1) is 11.0. The van der Waals surface area contributed by atoms with Crippen LogP contribution in [0.1, 0.15) is 40.5 Å². The van der Waals surface area contributed by atoms with Crippen LogP contribution in [0, 0.1) is 0 Å². The van der Waals surface area contributed by atoms with E-state index < -0.39 is 10.0 Å². The van der Waals surface area contributed by atoms with Crippen molar-refractivity contribution in [2.75, 3.05) is 18.0 Å². The highest BCUT2D eigenvalue weighted by molar-refractivity contribution is 7.89. The molecule has 23 heavy (non-hydrogen) atoms. The Morgan fingerprint density at radius 2 is 1.83 bits per heavy atom. The van der Waals surface area contributed by atoms with Crippen molar-refractivity contribution in [1.82, 2.24) is 14.9 Å². The molecule has 7 heteroatoms. The van der Waals surface area contributed by atoms with E-state index in [1.807, 2.05) is 13.8 Å². The molecule has 0 aliphatic carbocycles. The van der Waals surface area contributed by atoms with E-state index in [9.17, 15) is 8.42 Å². The van der Waals surface area contributed by atoms with E-state index in [2.05, 4.69) is 33.7 Å². The van der Waals surface area contributed by atoms with Crippen LogP contribution in [0.4, 0.5) is 5.82 Å². The topological polar surface area (TPSA) is 78.1 Å². The van der Waals surface area contributed by atoms with Crippen LogP contribution in [0.2, 0.25) is 0 Å². The lowest BCUT2D eigenvalue weighted by Crippen LogP contribution is -2.33. The number of rotatable bonds is 8. The number of aromatic amines is 1. The number of benzene rings is 1. The van der Waals surface area contributed by atoms with E-state index in [4.69, 9.17) is 0 Å². The van der Waals surface area contributed by atoms with E-state index in [0.717, 1.165) is 42.7 Å². The maximum atomic E-state index is 12.6. The number of nitrogens with one attached hydrogen (secondary N) is 2. The third-order valence-electron chi connectivity index (χ3n) is 4.19. The summed E-state index contributed by atoms with van der Waals surface area (Å²) in [6.07, 6.45) is 1.54. The number of aromatic nitrogens is 2. The molecular formula is C16H26N4O2S. The van der Waals surface area contributed by atoms with E-state index in [1.54, 1.807) is 18.2 Å². The number of nitrogens with zero attached hydrogens (tertiary/aromatic N) is 2. The molecule has 2 N–H and O–H groups in total. The Kier molecular flexibility index (Phi) is 5.64. The van der Waals surface area contributed by atoms with E-state index in [0.29, 0.717) is 0 Å². The molecule has 1 aromatic heterocycles. The van der Waals surface area contributed by atoms with Crippen molar-refractivity contribution >= 4 is 26.7 Å². The molecule has 1 heterocycles. The quantitative estimate of drug-likeness (QED) is 0.776. The third kappa shape index (κ3) is 3.67. The number of fused-ring (bicyclic) bond motifs is 1. The molecule has 128 valence electrons. The molecule has 0 fully saturated rings. The van der Waals surface area contributed by atoms with Gasteiger partial charge in [-0.3, -0.25) is 5.10 Å². The molecule has 0 saturated carbocycles. The average Bonchev–Trinajstić information content (AvgIpc) is 2.97. The summed E-state index contributed by atoms with van der Waals surface area (Å²) in [6, 6.07) is 5.06. The molecule has 1 aromatic carbocycles. The molecule has 2 aromatic rings. The molecule has 0 amide bonds. The molecule has 6 nitrogen and oxygen atoms in total. The Morgan fingerprint density at radius 1 is 1.17 bits per heavy atom. The third-order valence-corrected chi connectivity index (χ3v) is 5.71. The number of hydrogen-bond donors (Lipinski definition) is 2. The lowest BCUT2D eigenvalue weighted by atomic mass is 10.2.